The molecule has 0 spiro atoms. The van der Waals surface area contributed by atoms with Crippen LogP contribution in [0.1, 0.15) is 23.6 Å². The number of hydrogen-bond acceptors (Lipinski definition) is 4. The Morgan fingerprint density at radius 2 is 2.04 bits per heavy atom. The minimum atomic E-state index is -0.398. The van der Waals surface area contributed by atoms with Crippen molar-refractivity contribution in [1.82, 2.24) is 9.99 Å². The van der Waals surface area contributed by atoms with Crippen LogP contribution < -0.4 is 5.73 Å². The fourth-order valence-electron chi connectivity index (χ4n) is 3.21. The smallest absolute Gasteiger partial charge is 0.187 e. The summed E-state index contributed by atoms with van der Waals surface area (Å²) in [6, 6.07) is 12.6. The highest BCUT2D eigenvalue weighted by molar-refractivity contribution is 7.80. The normalized spacial score (nSPS) is 16.6. The highest BCUT2D eigenvalue weighted by Gasteiger charge is 2.33. The van der Waals surface area contributed by atoms with Crippen molar-refractivity contribution >= 4 is 45.5 Å². The zero-order valence-electron chi connectivity index (χ0n) is 13.9. The van der Waals surface area contributed by atoms with Gasteiger partial charge in [-0.25, -0.2) is 14.4 Å². The molecule has 2 aromatic carbocycles. The van der Waals surface area contributed by atoms with Crippen molar-refractivity contribution in [2.75, 3.05) is 0 Å². The van der Waals surface area contributed by atoms with Crippen molar-refractivity contribution < 1.29 is 9.50 Å². The number of rotatable bonds is 2. The summed E-state index contributed by atoms with van der Waals surface area (Å²) in [7, 11) is 0. The summed E-state index contributed by atoms with van der Waals surface area (Å²) in [5.41, 5.74) is 8.30. The molecule has 1 aliphatic heterocycles. The Labute approximate surface area is 164 Å². The molecule has 0 fully saturated rings. The molecule has 3 aromatic rings. The third-order valence-corrected chi connectivity index (χ3v) is 4.96. The van der Waals surface area contributed by atoms with Crippen LogP contribution in [0.5, 0.6) is 5.75 Å². The van der Waals surface area contributed by atoms with Crippen molar-refractivity contribution in [3.05, 3.63) is 70.6 Å². The molecule has 27 heavy (non-hydrogen) atoms. The minimum absolute atomic E-state index is 0.0702. The van der Waals surface area contributed by atoms with Gasteiger partial charge >= 0.3 is 0 Å². The quantitative estimate of drug-likeness (QED) is 0.499. The van der Waals surface area contributed by atoms with Crippen LogP contribution in [-0.2, 0) is 0 Å². The Kier molecular flexibility index (Phi) is 4.41. The first-order valence-corrected chi connectivity index (χ1v) is 8.93. The van der Waals surface area contributed by atoms with E-state index in [4.69, 9.17) is 29.6 Å². The van der Waals surface area contributed by atoms with E-state index >= 15 is 0 Å². The van der Waals surface area contributed by atoms with Gasteiger partial charge in [0.1, 0.15) is 16.7 Å². The van der Waals surface area contributed by atoms with Crippen LogP contribution in [0.25, 0.3) is 10.9 Å². The van der Waals surface area contributed by atoms with E-state index in [1.807, 2.05) is 6.07 Å². The van der Waals surface area contributed by atoms with Crippen LogP contribution in [-0.4, -0.2) is 25.9 Å². The number of nitrogens with zero attached hydrogens (tertiary/aromatic N) is 3. The lowest BCUT2D eigenvalue weighted by atomic mass is 9.98. The number of fused-ring (bicyclic) bond motifs is 1. The summed E-state index contributed by atoms with van der Waals surface area (Å²) < 4.78 is 13.6. The van der Waals surface area contributed by atoms with Gasteiger partial charge in [-0.1, -0.05) is 23.7 Å². The zero-order chi connectivity index (χ0) is 19.1. The van der Waals surface area contributed by atoms with Gasteiger partial charge in [0.25, 0.3) is 0 Å². The van der Waals surface area contributed by atoms with Gasteiger partial charge < -0.3 is 10.8 Å². The average Bonchev–Trinajstić information content (AvgIpc) is 3.07. The maximum Gasteiger partial charge on any atom is 0.187 e. The molecule has 136 valence electrons. The van der Waals surface area contributed by atoms with E-state index in [2.05, 4.69) is 10.1 Å². The summed E-state index contributed by atoms with van der Waals surface area (Å²) in [5, 5.41) is 17.1. The number of benzene rings is 2. The van der Waals surface area contributed by atoms with Gasteiger partial charge in [0, 0.05) is 22.9 Å². The molecular formula is C19H14ClFN4OS. The molecule has 5 nitrogen and oxygen atoms in total. The Bertz CT molecular complexity index is 1100. The molecule has 1 atom stereocenters. The molecule has 1 aliphatic rings. The van der Waals surface area contributed by atoms with Gasteiger partial charge in [-0.15, -0.1) is 0 Å². The number of phenols is 1. The lowest BCUT2D eigenvalue weighted by Gasteiger charge is -2.22. The van der Waals surface area contributed by atoms with Gasteiger partial charge in [0.15, 0.2) is 5.11 Å². The molecule has 1 unspecified atom stereocenters. The molecule has 0 bridgehead atoms. The topological polar surface area (TPSA) is 74.7 Å². The van der Waals surface area contributed by atoms with Crippen LogP contribution >= 0.6 is 23.8 Å². The maximum atomic E-state index is 13.6. The molecular weight excluding hydrogens is 387 g/mol. The second-order valence-electron chi connectivity index (χ2n) is 6.17. The second kappa shape index (κ2) is 6.75. The number of hydrogen-bond donors (Lipinski definition) is 2. The van der Waals surface area contributed by atoms with Crippen LogP contribution in [0.3, 0.4) is 0 Å². The van der Waals surface area contributed by atoms with Crippen molar-refractivity contribution in [2.45, 2.75) is 12.5 Å². The van der Waals surface area contributed by atoms with E-state index in [1.54, 1.807) is 30.3 Å². The highest BCUT2D eigenvalue weighted by Crippen LogP contribution is 2.38. The Morgan fingerprint density at radius 3 is 2.78 bits per heavy atom. The van der Waals surface area contributed by atoms with E-state index in [0.29, 0.717) is 34.2 Å². The van der Waals surface area contributed by atoms with Crippen LogP contribution in [0.2, 0.25) is 5.15 Å². The van der Waals surface area contributed by atoms with E-state index < -0.39 is 6.04 Å². The molecule has 0 saturated carbocycles. The zero-order valence-corrected chi connectivity index (χ0v) is 15.5. The van der Waals surface area contributed by atoms with E-state index in [1.165, 1.54) is 17.1 Å². The predicted molar refractivity (Wildman–Crippen MR) is 107 cm³/mol. The molecule has 2 heterocycles. The molecule has 1 aromatic heterocycles. The largest absolute Gasteiger partial charge is 0.507 e. The van der Waals surface area contributed by atoms with Crippen LogP contribution in [0.15, 0.2) is 53.6 Å². The highest BCUT2D eigenvalue weighted by atomic mass is 35.5. The minimum Gasteiger partial charge on any atom is -0.507 e. The number of aromatic hydroxyl groups is 1. The molecule has 4 rings (SSSR count). The number of aromatic nitrogens is 1. The first-order valence-electron chi connectivity index (χ1n) is 8.14. The summed E-state index contributed by atoms with van der Waals surface area (Å²) in [6.45, 7) is 0. The third-order valence-electron chi connectivity index (χ3n) is 4.47. The van der Waals surface area contributed by atoms with E-state index in [9.17, 15) is 9.50 Å². The van der Waals surface area contributed by atoms with E-state index in [0.717, 1.165) is 0 Å². The van der Waals surface area contributed by atoms with Gasteiger partial charge in [0.2, 0.25) is 0 Å². The van der Waals surface area contributed by atoms with Gasteiger partial charge in [-0.2, -0.15) is 5.10 Å². The predicted octanol–water partition coefficient (Wildman–Crippen LogP) is 4.13. The summed E-state index contributed by atoms with van der Waals surface area (Å²) in [6.07, 6.45) is 0.414. The van der Waals surface area contributed by atoms with Crippen molar-refractivity contribution in [2.24, 2.45) is 10.8 Å². The molecule has 0 radical (unpaired) electrons. The van der Waals surface area contributed by atoms with Crippen LogP contribution in [0, 0.1) is 5.82 Å². The Balaban J connectivity index is 1.79. The van der Waals surface area contributed by atoms with Crippen molar-refractivity contribution in [3.8, 4) is 5.75 Å². The van der Waals surface area contributed by atoms with Crippen molar-refractivity contribution in [1.29, 1.82) is 0 Å². The molecule has 0 aliphatic carbocycles. The van der Waals surface area contributed by atoms with E-state index in [-0.39, 0.29) is 21.8 Å². The Hall–Kier alpha value is -2.77. The average molecular weight is 401 g/mol. The second-order valence-corrected chi connectivity index (χ2v) is 6.95. The molecule has 3 N–H and O–H groups in total. The number of phenolic OH excluding ortho intramolecular Hbond substituents is 1. The first kappa shape index (κ1) is 17.6. The Morgan fingerprint density at radius 1 is 1.26 bits per heavy atom. The molecule has 8 heteroatoms. The lowest BCUT2D eigenvalue weighted by Crippen LogP contribution is -2.31. The summed E-state index contributed by atoms with van der Waals surface area (Å²) in [4.78, 5) is 4.36. The fourth-order valence-corrected chi connectivity index (χ4v) is 3.65. The number of thiocarbonyl (C=S) groups is 1. The van der Waals surface area contributed by atoms with Gasteiger partial charge in [-0.05, 0) is 48.6 Å². The van der Waals surface area contributed by atoms with Gasteiger partial charge in [-0.3, -0.25) is 0 Å². The number of pyridine rings is 1. The van der Waals surface area contributed by atoms with Crippen molar-refractivity contribution in [3.63, 3.8) is 0 Å². The van der Waals surface area contributed by atoms with Crippen LogP contribution in [0.4, 0.5) is 4.39 Å². The number of para-hydroxylation sites is 1. The van der Waals surface area contributed by atoms with Gasteiger partial charge in [0.05, 0.1) is 17.3 Å². The molecule has 0 amide bonds. The SMILES string of the molecule is NC(=S)N1N=C(c2ccccc2O)CC1c1cc2cc(F)ccc2nc1Cl. The standard InChI is InChI=1S/C19H14ClFN4OS/c20-18-13(8-10-7-11(21)5-6-14(10)23-18)16-9-15(24-25(16)19(22)27)12-3-1-2-4-17(12)26/h1-8,16,26H,9H2,(H2,22,27). The summed E-state index contributed by atoms with van der Waals surface area (Å²) in [5.74, 6) is -0.245. The lowest BCUT2D eigenvalue weighted by molar-refractivity contribution is 0.372. The molecule has 0 saturated heterocycles. The number of halogens is 2. The number of hydrazone groups is 1. The monoisotopic (exact) mass is 400 g/mol. The third kappa shape index (κ3) is 3.20. The maximum absolute atomic E-state index is 13.6. The summed E-state index contributed by atoms with van der Waals surface area (Å²) >= 11 is 11.5. The first-order chi connectivity index (χ1) is 12.9. The fraction of sp³-hybridized carbons (Fsp3) is 0.105. The number of nitrogens with two attached hydrogens (primary N) is 1.